The van der Waals surface area contributed by atoms with Crippen molar-refractivity contribution in [1.29, 1.82) is 0 Å². The third-order valence-electron chi connectivity index (χ3n) is 3.65. The summed E-state index contributed by atoms with van der Waals surface area (Å²) >= 11 is 0. The highest BCUT2D eigenvalue weighted by atomic mass is 16.5. The van der Waals surface area contributed by atoms with Crippen LogP contribution in [-0.4, -0.2) is 20.2 Å². The highest BCUT2D eigenvalue weighted by molar-refractivity contribution is 5.84. The van der Waals surface area contributed by atoms with Crippen molar-refractivity contribution in [2.45, 2.75) is 6.92 Å². The lowest BCUT2D eigenvalue weighted by molar-refractivity contribution is -0.131. The van der Waals surface area contributed by atoms with Crippen LogP contribution in [0.5, 0.6) is 17.2 Å². The van der Waals surface area contributed by atoms with Gasteiger partial charge in [-0.25, -0.2) is 0 Å². The lowest BCUT2D eigenvalue weighted by Crippen LogP contribution is -2.13. The Bertz CT molecular complexity index is 1000. The van der Waals surface area contributed by atoms with Gasteiger partial charge in [-0.15, -0.1) is 0 Å². The number of esters is 1. The molecule has 0 saturated carbocycles. The summed E-state index contributed by atoms with van der Waals surface area (Å²) in [6.07, 6.45) is 0. The molecule has 0 aliphatic carbocycles. The van der Waals surface area contributed by atoms with E-state index in [-0.39, 0.29) is 11.5 Å². The van der Waals surface area contributed by atoms with E-state index >= 15 is 0 Å². The van der Waals surface area contributed by atoms with Gasteiger partial charge in [-0.1, -0.05) is 12.1 Å². The number of hydrogen-bond donors (Lipinski definition) is 0. The zero-order valence-corrected chi connectivity index (χ0v) is 14.0. The largest absolute Gasteiger partial charge is 0.493 e. The molecule has 0 atom stereocenters. The summed E-state index contributed by atoms with van der Waals surface area (Å²) < 4.78 is 21.5. The molecule has 2 aromatic carbocycles. The van der Waals surface area contributed by atoms with Crippen LogP contribution in [0.25, 0.3) is 22.3 Å². The van der Waals surface area contributed by atoms with Crippen LogP contribution < -0.4 is 19.6 Å². The maximum absolute atomic E-state index is 12.7. The molecule has 0 aliphatic heterocycles. The van der Waals surface area contributed by atoms with E-state index in [0.717, 1.165) is 0 Å². The number of methoxy groups -OCH3 is 2. The van der Waals surface area contributed by atoms with Crippen molar-refractivity contribution in [3.8, 4) is 28.6 Å². The van der Waals surface area contributed by atoms with Crippen molar-refractivity contribution in [2.24, 2.45) is 0 Å². The number of rotatable bonds is 4. The molecule has 0 fully saturated rings. The van der Waals surface area contributed by atoms with Crippen LogP contribution in [-0.2, 0) is 4.79 Å². The number of benzene rings is 2. The number of para-hydroxylation sites is 1. The van der Waals surface area contributed by atoms with Gasteiger partial charge in [-0.05, 0) is 30.3 Å². The molecule has 0 radical (unpaired) electrons. The summed E-state index contributed by atoms with van der Waals surface area (Å²) in [6.45, 7) is 1.23. The SMILES string of the molecule is COc1ccc(-c2oc3ccccc3c(=O)c2OC(C)=O)cc1OC. The Hall–Kier alpha value is -3.28. The fraction of sp³-hybridized carbons (Fsp3) is 0.158. The van der Waals surface area contributed by atoms with Gasteiger partial charge in [0.05, 0.1) is 19.6 Å². The Morgan fingerprint density at radius 3 is 2.40 bits per heavy atom. The van der Waals surface area contributed by atoms with Gasteiger partial charge in [0.1, 0.15) is 5.58 Å². The molecule has 0 saturated heterocycles. The average Bonchev–Trinajstić information content (AvgIpc) is 2.63. The van der Waals surface area contributed by atoms with E-state index in [1.54, 1.807) is 42.5 Å². The third-order valence-corrected chi connectivity index (χ3v) is 3.65. The highest BCUT2D eigenvalue weighted by Gasteiger charge is 2.20. The zero-order chi connectivity index (χ0) is 18.0. The van der Waals surface area contributed by atoms with Gasteiger partial charge in [0.25, 0.3) is 0 Å². The second-order valence-corrected chi connectivity index (χ2v) is 5.25. The van der Waals surface area contributed by atoms with Crippen molar-refractivity contribution in [3.63, 3.8) is 0 Å². The summed E-state index contributed by atoms with van der Waals surface area (Å²) in [7, 11) is 3.03. The number of carbonyl (C=O) groups is 1. The maximum Gasteiger partial charge on any atom is 0.308 e. The summed E-state index contributed by atoms with van der Waals surface area (Å²) in [6, 6.07) is 11.8. The summed E-state index contributed by atoms with van der Waals surface area (Å²) in [5.74, 6) is 0.385. The molecule has 25 heavy (non-hydrogen) atoms. The second-order valence-electron chi connectivity index (χ2n) is 5.25. The second kappa shape index (κ2) is 6.68. The maximum atomic E-state index is 12.7. The minimum atomic E-state index is -0.607. The van der Waals surface area contributed by atoms with Crippen LogP contribution in [0.3, 0.4) is 0 Å². The first-order valence-corrected chi connectivity index (χ1v) is 7.51. The molecule has 0 spiro atoms. The van der Waals surface area contributed by atoms with Gasteiger partial charge >= 0.3 is 5.97 Å². The monoisotopic (exact) mass is 340 g/mol. The summed E-state index contributed by atoms with van der Waals surface area (Å²) in [4.78, 5) is 24.2. The van der Waals surface area contributed by atoms with Crippen molar-refractivity contribution >= 4 is 16.9 Å². The van der Waals surface area contributed by atoms with E-state index in [9.17, 15) is 9.59 Å². The van der Waals surface area contributed by atoms with Crippen molar-refractivity contribution in [3.05, 3.63) is 52.7 Å². The number of hydrogen-bond acceptors (Lipinski definition) is 6. The van der Waals surface area contributed by atoms with Crippen LogP contribution in [0.15, 0.2) is 51.7 Å². The van der Waals surface area contributed by atoms with E-state index in [2.05, 4.69) is 0 Å². The highest BCUT2D eigenvalue weighted by Crippen LogP contribution is 2.36. The Kier molecular flexibility index (Phi) is 4.43. The fourth-order valence-corrected chi connectivity index (χ4v) is 2.53. The van der Waals surface area contributed by atoms with Gasteiger partial charge in [0.2, 0.25) is 11.2 Å². The number of carbonyl (C=O) groups excluding carboxylic acids is 1. The molecule has 6 heteroatoms. The average molecular weight is 340 g/mol. The van der Waals surface area contributed by atoms with E-state index < -0.39 is 11.4 Å². The van der Waals surface area contributed by atoms with E-state index in [4.69, 9.17) is 18.6 Å². The Morgan fingerprint density at radius 2 is 1.72 bits per heavy atom. The summed E-state index contributed by atoms with van der Waals surface area (Å²) in [5, 5.41) is 0.336. The van der Waals surface area contributed by atoms with Crippen molar-refractivity contribution in [2.75, 3.05) is 14.2 Å². The van der Waals surface area contributed by atoms with Gasteiger partial charge in [0.15, 0.2) is 17.3 Å². The van der Waals surface area contributed by atoms with Crippen LogP contribution in [0.4, 0.5) is 0 Å². The van der Waals surface area contributed by atoms with Crippen LogP contribution >= 0.6 is 0 Å². The molecule has 0 bridgehead atoms. The molecular formula is C19H16O6. The standard InChI is InChI=1S/C19H16O6/c1-11(20)24-19-17(21)13-6-4-5-7-14(13)25-18(19)12-8-9-15(22-2)16(10-12)23-3/h4-10H,1-3H3. The molecule has 6 nitrogen and oxygen atoms in total. The molecule has 0 N–H and O–H groups in total. The molecule has 1 aromatic heterocycles. The molecule has 1 heterocycles. The van der Waals surface area contributed by atoms with Crippen LogP contribution in [0.2, 0.25) is 0 Å². The molecule has 0 unspecified atom stereocenters. The Labute approximate surface area is 143 Å². The lowest BCUT2D eigenvalue weighted by atomic mass is 10.1. The van der Waals surface area contributed by atoms with Gasteiger partial charge in [-0.3, -0.25) is 9.59 Å². The molecule has 0 amide bonds. The first-order chi connectivity index (χ1) is 12.0. The molecule has 0 aliphatic rings. The van der Waals surface area contributed by atoms with Crippen LogP contribution in [0, 0.1) is 0 Å². The van der Waals surface area contributed by atoms with E-state index in [0.29, 0.717) is 28.0 Å². The zero-order valence-electron chi connectivity index (χ0n) is 14.0. The quantitative estimate of drug-likeness (QED) is 0.678. The van der Waals surface area contributed by atoms with Crippen molar-refractivity contribution in [1.82, 2.24) is 0 Å². The van der Waals surface area contributed by atoms with Gasteiger partial charge < -0.3 is 18.6 Å². The summed E-state index contributed by atoms with van der Waals surface area (Å²) in [5.41, 5.74) is 0.506. The minimum Gasteiger partial charge on any atom is -0.493 e. The van der Waals surface area contributed by atoms with Gasteiger partial charge in [0, 0.05) is 12.5 Å². The smallest absolute Gasteiger partial charge is 0.308 e. The third kappa shape index (κ3) is 3.06. The normalized spacial score (nSPS) is 10.5. The first-order valence-electron chi connectivity index (χ1n) is 7.51. The molecular weight excluding hydrogens is 324 g/mol. The fourth-order valence-electron chi connectivity index (χ4n) is 2.53. The minimum absolute atomic E-state index is 0.153. The molecule has 128 valence electrons. The van der Waals surface area contributed by atoms with Crippen molar-refractivity contribution < 1.29 is 23.4 Å². The van der Waals surface area contributed by atoms with E-state index in [1.165, 1.54) is 21.1 Å². The Morgan fingerprint density at radius 1 is 1.00 bits per heavy atom. The first kappa shape index (κ1) is 16.6. The Balaban J connectivity index is 2.30. The van der Waals surface area contributed by atoms with E-state index in [1.807, 2.05) is 0 Å². The van der Waals surface area contributed by atoms with Crippen LogP contribution in [0.1, 0.15) is 6.92 Å². The van der Waals surface area contributed by atoms with Gasteiger partial charge in [-0.2, -0.15) is 0 Å². The predicted molar refractivity (Wildman–Crippen MR) is 92.3 cm³/mol. The molecule has 3 rings (SSSR count). The topological polar surface area (TPSA) is 75.0 Å². The molecule has 3 aromatic rings. The number of fused-ring (bicyclic) bond motifs is 1. The predicted octanol–water partition coefficient (Wildman–Crippen LogP) is 3.40. The lowest BCUT2D eigenvalue weighted by Gasteiger charge is -2.12. The number of ether oxygens (including phenoxy) is 3.